The molecule has 0 aliphatic heterocycles. The molecule has 0 amide bonds. The average Bonchev–Trinajstić information content (AvgIpc) is 2.17. The van der Waals surface area contributed by atoms with Gasteiger partial charge in [-0.25, -0.2) is 0 Å². The van der Waals surface area contributed by atoms with Gasteiger partial charge in [0, 0.05) is 17.9 Å². The predicted molar refractivity (Wildman–Crippen MR) is 61.1 cm³/mol. The van der Waals surface area contributed by atoms with Crippen LogP contribution in [0.15, 0.2) is 24.3 Å². The first-order chi connectivity index (χ1) is 7.00. The molecule has 0 spiro atoms. The zero-order valence-corrected chi connectivity index (χ0v) is 9.91. The van der Waals surface area contributed by atoms with E-state index in [-0.39, 0.29) is 18.0 Å². The first-order valence-electron chi connectivity index (χ1n) is 4.93. The second-order valence-corrected chi connectivity index (χ2v) is 4.09. The fourth-order valence-corrected chi connectivity index (χ4v) is 1.53. The maximum atomic E-state index is 10.8. The molecule has 1 aromatic rings. The molecule has 1 aromatic carbocycles. The average molecular weight is 227 g/mol. The largest absolute Gasteiger partial charge is 0.462 e. The van der Waals surface area contributed by atoms with Gasteiger partial charge >= 0.3 is 5.97 Å². The number of hydrogen-bond donors (Lipinski definition) is 0. The first-order valence-corrected chi connectivity index (χ1v) is 5.31. The molecule has 15 heavy (non-hydrogen) atoms. The number of ether oxygens (including phenoxy) is 1. The molecule has 0 N–H and O–H groups in total. The zero-order chi connectivity index (χ0) is 11.4. The van der Waals surface area contributed by atoms with Crippen LogP contribution < -0.4 is 0 Å². The molecule has 0 unspecified atom stereocenters. The highest BCUT2D eigenvalue weighted by Gasteiger charge is 2.16. The summed E-state index contributed by atoms with van der Waals surface area (Å²) in [6.07, 6.45) is -0.122. The highest BCUT2D eigenvalue weighted by molar-refractivity contribution is 6.30. The van der Waals surface area contributed by atoms with E-state index in [2.05, 4.69) is 0 Å². The highest BCUT2D eigenvalue weighted by Crippen LogP contribution is 2.22. The van der Waals surface area contributed by atoms with Crippen molar-refractivity contribution in [1.82, 2.24) is 0 Å². The van der Waals surface area contributed by atoms with Crippen molar-refractivity contribution >= 4 is 17.6 Å². The molecule has 0 heterocycles. The van der Waals surface area contributed by atoms with Gasteiger partial charge in [-0.2, -0.15) is 0 Å². The van der Waals surface area contributed by atoms with Crippen LogP contribution in [0.5, 0.6) is 0 Å². The van der Waals surface area contributed by atoms with Gasteiger partial charge in [-0.1, -0.05) is 30.7 Å². The minimum absolute atomic E-state index is 0.122. The third kappa shape index (κ3) is 3.56. The van der Waals surface area contributed by atoms with E-state index < -0.39 is 0 Å². The van der Waals surface area contributed by atoms with Crippen molar-refractivity contribution < 1.29 is 9.53 Å². The van der Waals surface area contributed by atoms with Crippen molar-refractivity contribution in [3.8, 4) is 0 Å². The Morgan fingerprint density at radius 1 is 1.27 bits per heavy atom. The van der Waals surface area contributed by atoms with Gasteiger partial charge in [0.15, 0.2) is 0 Å². The number of carbonyl (C=O) groups excluding carboxylic acids is 1. The topological polar surface area (TPSA) is 26.3 Å². The van der Waals surface area contributed by atoms with Crippen LogP contribution >= 0.6 is 11.6 Å². The summed E-state index contributed by atoms with van der Waals surface area (Å²) in [6, 6.07) is 7.59. The van der Waals surface area contributed by atoms with Crippen LogP contribution in [0.4, 0.5) is 0 Å². The smallest absolute Gasteiger partial charge is 0.302 e. The quantitative estimate of drug-likeness (QED) is 0.739. The lowest BCUT2D eigenvalue weighted by Gasteiger charge is -2.20. The molecular weight excluding hydrogens is 212 g/mol. The molecule has 1 rings (SSSR count). The summed E-state index contributed by atoms with van der Waals surface area (Å²) in [5, 5.41) is 0.714. The van der Waals surface area contributed by atoms with Crippen molar-refractivity contribution in [3.05, 3.63) is 34.9 Å². The number of rotatable bonds is 3. The minimum Gasteiger partial charge on any atom is -0.462 e. The second kappa shape index (κ2) is 5.17. The standard InChI is InChI=1S/C12H15ClO2/c1-8(9(2)15-10(3)14)11-4-6-12(13)7-5-11/h4-9H,1-3H3/t8-,9-/m0/s1. The predicted octanol–water partition coefficient (Wildman–Crippen LogP) is 3.40. The third-order valence-corrected chi connectivity index (χ3v) is 2.70. The Morgan fingerprint density at radius 2 is 1.80 bits per heavy atom. The van der Waals surface area contributed by atoms with E-state index in [1.165, 1.54) is 6.92 Å². The molecule has 2 nitrogen and oxygen atoms in total. The van der Waals surface area contributed by atoms with Gasteiger partial charge in [0.2, 0.25) is 0 Å². The maximum absolute atomic E-state index is 10.8. The van der Waals surface area contributed by atoms with E-state index >= 15 is 0 Å². The zero-order valence-electron chi connectivity index (χ0n) is 9.16. The van der Waals surface area contributed by atoms with Crippen LogP contribution in [0, 0.1) is 0 Å². The van der Waals surface area contributed by atoms with E-state index in [0.29, 0.717) is 5.02 Å². The normalized spacial score (nSPS) is 14.4. The highest BCUT2D eigenvalue weighted by atomic mass is 35.5. The molecule has 0 saturated carbocycles. The van der Waals surface area contributed by atoms with Crippen molar-refractivity contribution in [2.45, 2.75) is 32.8 Å². The SMILES string of the molecule is CC(=O)O[C@@H](C)[C@H](C)c1ccc(Cl)cc1. The van der Waals surface area contributed by atoms with E-state index in [0.717, 1.165) is 5.56 Å². The Hall–Kier alpha value is -1.02. The van der Waals surface area contributed by atoms with Gasteiger partial charge in [0.25, 0.3) is 0 Å². The Labute approximate surface area is 95.2 Å². The second-order valence-electron chi connectivity index (χ2n) is 3.65. The molecule has 0 radical (unpaired) electrons. The van der Waals surface area contributed by atoms with Crippen LogP contribution in [0.3, 0.4) is 0 Å². The molecule has 0 aliphatic rings. The van der Waals surface area contributed by atoms with E-state index in [4.69, 9.17) is 16.3 Å². The number of esters is 1. The molecule has 3 heteroatoms. The Morgan fingerprint density at radius 3 is 2.27 bits per heavy atom. The summed E-state index contributed by atoms with van der Waals surface area (Å²) in [5.74, 6) is -0.0746. The lowest BCUT2D eigenvalue weighted by Crippen LogP contribution is -2.19. The van der Waals surface area contributed by atoms with Crippen LogP contribution in [0.2, 0.25) is 5.02 Å². The van der Waals surface area contributed by atoms with Crippen molar-refractivity contribution in [2.75, 3.05) is 0 Å². The molecule has 0 fully saturated rings. The van der Waals surface area contributed by atoms with Gasteiger partial charge in [-0.15, -0.1) is 0 Å². The summed E-state index contributed by atoms with van der Waals surface area (Å²) < 4.78 is 5.12. The van der Waals surface area contributed by atoms with Crippen LogP contribution in [-0.2, 0) is 9.53 Å². The molecule has 2 atom stereocenters. The molecular formula is C12H15ClO2. The molecule has 0 saturated heterocycles. The summed E-state index contributed by atoms with van der Waals surface area (Å²) in [4.78, 5) is 10.8. The van der Waals surface area contributed by atoms with Crippen molar-refractivity contribution in [2.24, 2.45) is 0 Å². The fraction of sp³-hybridized carbons (Fsp3) is 0.417. The minimum atomic E-state index is -0.247. The van der Waals surface area contributed by atoms with Gasteiger partial charge in [-0.3, -0.25) is 4.79 Å². The molecule has 0 bridgehead atoms. The van der Waals surface area contributed by atoms with Gasteiger partial charge in [0.1, 0.15) is 6.10 Å². The fourth-order valence-electron chi connectivity index (χ4n) is 1.40. The van der Waals surface area contributed by atoms with Gasteiger partial charge < -0.3 is 4.74 Å². The lowest BCUT2D eigenvalue weighted by atomic mass is 9.96. The molecule has 82 valence electrons. The Bertz CT molecular complexity index is 332. The van der Waals surface area contributed by atoms with Gasteiger partial charge in [0.05, 0.1) is 0 Å². The molecule has 0 aromatic heterocycles. The lowest BCUT2D eigenvalue weighted by molar-refractivity contribution is -0.146. The van der Waals surface area contributed by atoms with Gasteiger partial charge in [-0.05, 0) is 24.6 Å². The first kappa shape index (κ1) is 12.1. The number of halogens is 1. The van der Waals surface area contributed by atoms with Crippen molar-refractivity contribution in [3.63, 3.8) is 0 Å². The summed E-state index contributed by atoms with van der Waals surface area (Å²) in [5.41, 5.74) is 1.12. The van der Waals surface area contributed by atoms with Crippen LogP contribution in [-0.4, -0.2) is 12.1 Å². The maximum Gasteiger partial charge on any atom is 0.302 e. The van der Waals surface area contributed by atoms with E-state index in [1.54, 1.807) is 0 Å². The monoisotopic (exact) mass is 226 g/mol. The third-order valence-electron chi connectivity index (χ3n) is 2.45. The number of hydrogen-bond acceptors (Lipinski definition) is 2. The molecule has 0 aliphatic carbocycles. The Balaban J connectivity index is 2.71. The summed E-state index contributed by atoms with van der Waals surface area (Å²) in [7, 11) is 0. The number of benzene rings is 1. The van der Waals surface area contributed by atoms with E-state index in [9.17, 15) is 4.79 Å². The van der Waals surface area contributed by atoms with Crippen LogP contribution in [0.25, 0.3) is 0 Å². The van der Waals surface area contributed by atoms with Crippen molar-refractivity contribution in [1.29, 1.82) is 0 Å². The summed E-state index contributed by atoms with van der Waals surface area (Å²) >= 11 is 5.79. The Kier molecular flexibility index (Phi) is 4.15. The van der Waals surface area contributed by atoms with Crippen LogP contribution in [0.1, 0.15) is 32.3 Å². The number of carbonyl (C=O) groups is 1. The summed E-state index contributed by atoms with van der Waals surface area (Å²) in [6.45, 7) is 5.34. The van der Waals surface area contributed by atoms with E-state index in [1.807, 2.05) is 38.1 Å².